The highest BCUT2D eigenvalue weighted by atomic mass is 32.1. The molecule has 0 heterocycles. The van der Waals surface area contributed by atoms with E-state index in [0.717, 1.165) is 22.3 Å². The van der Waals surface area contributed by atoms with Crippen molar-refractivity contribution in [3.05, 3.63) is 144 Å². The smallest absolute Gasteiger partial charge is 0.408 e. The minimum Gasteiger partial charge on any atom is -0.444 e. The Balaban J connectivity index is 1.72. The molecule has 4 aromatic rings. The van der Waals surface area contributed by atoms with Gasteiger partial charge in [0.25, 0.3) is 0 Å². The molecule has 9 heteroatoms. The molecule has 48 heavy (non-hydrogen) atoms. The van der Waals surface area contributed by atoms with E-state index in [1.54, 1.807) is 0 Å². The van der Waals surface area contributed by atoms with Gasteiger partial charge in [-0.05, 0) is 76.0 Å². The van der Waals surface area contributed by atoms with Crippen LogP contribution in [0, 0.1) is 0 Å². The van der Waals surface area contributed by atoms with Gasteiger partial charge in [0.05, 0.1) is 24.2 Å². The summed E-state index contributed by atoms with van der Waals surface area (Å²) in [6, 6.07) is 36.8. The molecule has 0 spiro atoms. The summed E-state index contributed by atoms with van der Waals surface area (Å²) in [5, 5.41) is 13.5. The van der Waals surface area contributed by atoms with Crippen molar-refractivity contribution in [2.24, 2.45) is 0 Å². The largest absolute Gasteiger partial charge is 0.444 e. The van der Waals surface area contributed by atoms with Gasteiger partial charge in [-0.1, -0.05) is 121 Å². The first kappa shape index (κ1) is 36.0. The predicted molar refractivity (Wildman–Crippen MR) is 194 cm³/mol. The number of amides is 2. The highest BCUT2D eigenvalue weighted by Gasteiger charge is 2.32. The average Bonchev–Trinajstić information content (AvgIpc) is 3.04. The zero-order valence-corrected chi connectivity index (χ0v) is 29.2. The van der Waals surface area contributed by atoms with Crippen LogP contribution in [-0.2, 0) is 9.47 Å². The van der Waals surface area contributed by atoms with E-state index in [-0.39, 0.29) is 0 Å². The molecule has 252 valence electrons. The van der Waals surface area contributed by atoms with Crippen molar-refractivity contribution in [1.29, 1.82) is 0 Å². The van der Waals surface area contributed by atoms with Crippen LogP contribution in [0.15, 0.2) is 121 Å². The molecule has 4 aromatic carbocycles. The van der Waals surface area contributed by atoms with Crippen molar-refractivity contribution in [2.45, 2.75) is 76.9 Å². The summed E-state index contributed by atoms with van der Waals surface area (Å²) in [6.07, 6.45) is -1.10. The summed E-state index contributed by atoms with van der Waals surface area (Å²) in [6.45, 7) is 11.0. The third kappa shape index (κ3) is 11.1. The van der Waals surface area contributed by atoms with E-state index in [0.29, 0.717) is 5.11 Å². The van der Waals surface area contributed by atoms with Crippen molar-refractivity contribution in [1.82, 2.24) is 21.3 Å². The number of carbonyl (C=O) groups excluding carboxylic acids is 2. The molecule has 0 saturated heterocycles. The van der Waals surface area contributed by atoms with Gasteiger partial charge in [0.15, 0.2) is 5.11 Å². The second-order valence-electron chi connectivity index (χ2n) is 13.5. The van der Waals surface area contributed by atoms with Crippen LogP contribution >= 0.6 is 12.2 Å². The van der Waals surface area contributed by atoms with E-state index in [1.165, 1.54) is 0 Å². The second-order valence-corrected chi connectivity index (χ2v) is 13.9. The summed E-state index contributed by atoms with van der Waals surface area (Å²) in [5.41, 5.74) is 2.15. The number of thiocarbonyl (C=S) groups is 1. The number of alkyl carbamates (subject to hydrolysis) is 2. The minimum atomic E-state index is -0.686. The number of nitrogens with one attached hydrogen (secondary N) is 4. The fraction of sp³-hybridized carbons (Fsp3) is 0.308. The molecule has 8 nitrogen and oxygen atoms in total. The third-order valence-electron chi connectivity index (χ3n) is 7.22. The van der Waals surface area contributed by atoms with Gasteiger partial charge in [-0.15, -0.1) is 0 Å². The lowest BCUT2D eigenvalue weighted by molar-refractivity contribution is 0.0483. The number of hydrogen-bond donors (Lipinski definition) is 4. The van der Waals surface area contributed by atoms with Gasteiger partial charge >= 0.3 is 12.2 Å². The highest BCUT2D eigenvalue weighted by Crippen LogP contribution is 2.32. The third-order valence-corrected chi connectivity index (χ3v) is 7.45. The number of benzene rings is 4. The highest BCUT2D eigenvalue weighted by molar-refractivity contribution is 7.80. The molecule has 0 aliphatic rings. The minimum absolute atomic E-state index is 0.316. The first-order chi connectivity index (χ1) is 22.8. The van der Waals surface area contributed by atoms with Gasteiger partial charge in [0, 0.05) is 0 Å². The number of ether oxygens (including phenoxy) is 2. The van der Waals surface area contributed by atoms with Crippen LogP contribution in [0.25, 0.3) is 0 Å². The maximum Gasteiger partial charge on any atom is 0.408 e. The van der Waals surface area contributed by atoms with Crippen LogP contribution in [-0.4, -0.2) is 28.5 Å². The van der Waals surface area contributed by atoms with Gasteiger partial charge in [-0.25, -0.2) is 9.59 Å². The molecule has 0 aromatic heterocycles. The summed E-state index contributed by atoms with van der Waals surface area (Å²) < 4.78 is 11.4. The quantitative estimate of drug-likeness (QED) is 0.126. The van der Waals surface area contributed by atoms with Crippen LogP contribution in [0.4, 0.5) is 9.59 Å². The van der Waals surface area contributed by atoms with Crippen molar-refractivity contribution >= 4 is 29.5 Å². The summed E-state index contributed by atoms with van der Waals surface area (Å²) in [4.78, 5) is 26.4. The first-order valence-corrected chi connectivity index (χ1v) is 16.5. The van der Waals surface area contributed by atoms with Crippen LogP contribution in [0.1, 0.15) is 88.0 Å². The fourth-order valence-corrected chi connectivity index (χ4v) is 5.53. The molecule has 0 radical (unpaired) electrons. The van der Waals surface area contributed by atoms with Gasteiger partial charge in [0.1, 0.15) is 11.2 Å². The monoisotopic (exact) mass is 666 g/mol. The van der Waals surface area contributed by atoms with Crippen LogP contribution < -0.4 is 21.3 Å². The molecule has 0 unspecified atom stereocenters. The van der Waals surface area contributed by atoms with Crippen LogP contribution in [0.5, 0.6) is 0 Å². The Bertz CT molecular complexity index is 1490. The maximum atomic E-state index is 13.2. The van der Waals surface area contributed by atoms with Crippen LogP contribution in [0.3, 0.4) is 0 Å². The Kier molecular flexibility index (Phi) is 12.2. The molecule has 0 fully saturated rings. The molecule has 0 bridgehead atoms. The topological polar surface area (TPSA) is 101 Å². The summed E-state index contributed by atoms with van der Waals surface area (Å²) in [7, 11) is 0. The van der Waals surface area contributed by atoms with Crippen molar-refractivity contribution in [3.8, 4) is 0 Å². The fourth-order valence-electron chi connectivity index (χ4n) is 5.27. The molecule has 4 rings (SSSR count). The summed E-state index contributed by atoms with van der Waals surface area (Å²) >= 11 is 6.04. The molecular weight excluding hydrogens is 621 g/mol. The predicted octanol–water partition coefficient (Wildman–Crippen LogP) is 8.47. The molecule has 2 amide bonds. The molecule has 4 N–H and O–H groups in total. The standard InChI is InChI=1S/C39H46N4O4S/c1-38(2,3)46-36(44)42-33(29-23-15-9-16-24-29)31(27-19-11-7-12-20-27)40-35(48)41-32(28-21-13-8-14-22-28)34(30-25-17-10-18-26-30)43-37(45)47-39(4,5)6/h7-26,31-34H,1-6H3,(H,42,44)(H,43,45)(H2,40,41,48)/t31-,32-,33-,34-/m0/s1. The van der Waals surface area contributed by atoms with Crippen molar-refractivity contribution < 1.29 is 19.1 Å². The Morgan fingerprint density at radius 1 is 0.458 bits per heavy atom. The number of hydrogen-bond acceptors (Lipinski definition) is 5. The Labute approximate surface area is 289 Å². The molecule has 0 aliphatic heterocycles. The average molecular weight is 667 g/mol. The van der Waals surface area contributed by atoms with Gasteiger partial charge in [-0.2, -0.15) is 0 Å². The van der Waals surface area contributed by atoms with E-state index in [2.05, 4.69) is 21.3 Å². The van der Waals surface area contributed by atoms with E-state index in [4.69, 9.17) is 21.7 Å². The number of rotatable bonds is 10. The van der Waals surface area contributed by atoms with Gasteiger partial charge in [-0.3, -0.25) is 0 Å². The molecule has 4 atom stereocenters. The van der Waals surface area contributed by atoms with Crippen LogP contribution in [0.2, 0.25) is 0 Å². The molecule has 0 aliphatic carbocycles. The Morgan fingerprint density at radius 3 is 0.917 bits per heavy atom. The molecular formula is C39H46N4O4S. The zero-order valence-electron chi connectivity index (χ0n) is 28.4. The normalized spacial score (nSPS) is 14.0. The maximum absolute atomic E-state index is 13.2. The lowest BCUT2D eigenvalue weighted by Crippen LogP contribution is -2.48. The Morgan fingerprint density at radius 2 is 0.688 bits per heavy atom. The van der Waals surface area contributed by atoms with E-state index in [9.17, 15) is 9.59 Å². The first-order valence-electron chi connectivity index (χ1n) is 16.0. The lowest BCUT2D eigenvalue weighted by atomic mass is 9.92. The van der Waals surface area contributed by atoms with Crippen molar-refractivity contribution in [2.75, 3.05) is 0 Å². The Hall–Kier alpha value is -4.89. The second kappa shape index (κ2) is 16.3. The van der Waals surface area contributed by atoms with E-state index >= 15 is 0 Å². The summed E-state index contributed by atoms with van der Waals surface area (Å²) in [5.74, 6) is 0. The SMILES string of the molecule is CC(C)(C)OC(=O)N[C@@H](c1ccccc1)[C@@H](NC(=S)N[C@@H](c1ccccc1)[C@@H](NC(=O)OC(C)(C)C)c1ccccc1)c1ccccc1. The molecule has 0 saturated carbocycles. The number of carbonyl (C=O) groups is 2. The van der Waals surface area contributed by atoms with E-state index < -0.39 is 47.6 Å². The lowest BCUT2D eigenvalue weighted by Gasteiger charge is -2.34. The van der Waals surface area contributed by atoms with E-state index in [1.807, 2.05) is 163 Å². The zero-order chi connectivity index (χ0) is 34.7. The van der Waals surface area contributed by atoms with Crippen molar-refractivity contribution in [3.63, 3.8) is 0 Å². The van der Waals surface area contributed by atoms with Gasteiger partial charge in [0.2, 0.25) is 0 Å². The van der Waals surface area contributed by atoms with Gasteiger partial charge < -0.3 is 30.7 Å².